The van der Waals surface area contributed by atoms with Gasteiger partial charge in [-0.2, -0.15) is 0 Å². The lowest BCUT2D eigenvalue weighted by Crippen LogP contribution is -2.37. The van der Waals surface area contributed by atoms with Crippen molar-refractivity contribution in [2.45, 2.75) is 37.7 Å². The molecular formula is C11H18O3. The van der Waals surface area contributed by atoms with E-state index in [-0.39, 0.29) is 18.3 Å². The maximum atomic E-state index is 11.1. The SMILES string of the molecule is C=CC(O)(CC(=O)OC)C1CCCC1. The third kappa shape index (κ3) is 2.35. The first kappa shape index (κ1) is 11.2. The number of hydrogen-bond acceptors (Lipinski definition) is 3. The van der Waals surface area contributed by atoms with Crippen LogP contribution in [0.25, 0.3) is 0 Å². The fraction of sp³-hybridized carbons (Fsp3) is 0.727. The Hall–Kier alpha value is -0.830. The average molecular weight is 198 g/mol. The second-order valence-corrected chi connectivity index (χ2v) is 3.93. The summed E-state index contributed by atoms with van der Waals surface area (Å²) in [6.07, 6.45) is 5.71. The number of carbonyl (C=O) groups is 1. The minimum atomic E-state index is -1.07. The molecule has 0 aromatic heterocycles. The lowest BCUT2D eigenvalue weighted by Gasteiger charge is -2.29. The highest BCUT2D eigenvalue weighted by molar-refractivity contribution is 5.71. The van der Waals surface area contributed by atoms with Crippen molar-refractivity contribution in [1.82, 2.24) is 0 Å². The molecule has 0 saturated heterocycles. The summed E-state index contributed by atoms with van der Waals surface area (Å²) in [6.45, 7) is 3.61. The number of ether oxygens (including phenoxy) is 1. The zero-order valence-electron chi connectivity index (χ0n) is 8.66. The van der Waals surface area contributed by atoms with Gasteiger partial charge in [-0.15, -0.1) is 6.58 Å². The molecule has 1 aliphatic rings. The van der Waals surface area contributed by atoms with Gasteiger partial charge >= 0.3 is 5.97 Å². The molecule has 0 amide bonds. The Balaban J connectivity index is 2.64. The van der Waals surface area contributed by atoms with Crippen molar-refractivity contribution in [3.05, 3.63) is 12.7 Å². The summed E-state index contributed by atoms with van der Waals surface area (Å²) in [5.74, 6) is -0.210. The summed E-state index contributed by atoms with van der Waals surface area (Å²) in [7, 11) is 1.33. The maximum absolute atomic E-state index is 11.1. The molecule has 1 aliphatic carbocycles. The molecule has 1 atom stereocenters. The summed E-state index contributed by atoms with van der Waals surface area (Å²) < 4.78 is 4.56. The van der Waals surface area contributed by atoms with Gasteiger partial charge in [0.2, 0.25) is 0 Å². The minimum Gasteiger partial charge on any atom is -0.469 e. The van der Waals surface area contributed by atoms with Crippen molar-refractivity contribution in [2.75, 3.05) is 7.11 Å². The molecule has 1 fully saturated rings. The molecule has 1 N–H and O–H groups in total. The van der Waals surface area contributed by atoms with Gasteiger partial charge in [-0.05, 0) is 18.8 Å². The molecule has 0 bridgehead atoms. The Morgan fingerprint density at radius 3 is 2.64 bits per heavy atom. The highest BCUT2D eigenvalue weighted by Crippen LogP contribution is 2.36. The standard InChI is InChI=1S/C11H18O3/c1-3-11(13,8-10(12)14-2)9-6-4-5-7-9/h3,9,13H,1,4-8H2,2H3. The van der Waals surface area contributed by atoms with Gasteiger partial charge in [-0.3, -0.25) is 4.79 Å². The Kier molecular flexibility index (Phi) is 3.69. The van der Waals surface area contributed by atoms with Crippen LogP contribution in [0, 0.1) is 5.92 Å². The van der Waals surface area contributed by atoms with Crippen molar-refractivity contribution >= 4 is 5.97 Å². The molecule has 0 aliphatic heterocycles. The Morgan fingerprint density at radius 1 is 1.64 bits per heavy atom. The number of esters is 1. The third-order valence-electron chi connectivity index (χ3n) is 3.07. The van der Waals surface area contributed by atoms with E-state index in [4.69, 9.17) is 0 Å². The summed E-state index contributed by atoms with van der Waals surface area (Å²) in [5, 5.41) is 10.2. The van der Waals surface area contributed by atoms with E-state index in [0.29, 0.717) is 0 Å². The Morgan fingerprint density at radius 2 is 2.21 bits per heavy atom. The Bertz CT molecular complexity index is 219. The number of carbonyl (C=O) groups excluding carboxylic acids is 1. The molecule has 3 heteroatoms. The Labute approximate surface area is 84.8 Å². The van der Waals surface area contributed by atoms with E-state index in [2.05, 4.69) is 11.3 Å². The van der Waals surface area contributed by atoms with Crippen LogP contribution in [0.3, 0.4) is 0 Å². The normalized spacial score (nSPS) is 21.6. The smallest absolute Gasteiger partial charge is 0.308 e. The highest BCUT2D eigenvalue weighted by Gasteiger charge is 2.37. The second-order valence-electron chi connectivity index (χ2n) is 3.93. The van der Waals surface area contributed by atoms with E-state index < -0.39 is 5.60 Å². The molecule has 80 valence electrons. The van der Waals surface area contributed by atoms with E-state index in [1.807, 2.05) is 0 Å². The molecule has 3 nitrogen and oxygen atoms in total. The fourth-order valence-corrected chi connectivity index (χ4v) is 2.11. The van der Waals surface area contributed by atoms with E-state index in [1.165, 1.54) is 13.2 Å². The van der Waals surface area contributed by atoms with Gasteiger partial charge in [0.05, 0.1) is 19.1 Å². The molecule has 0 aromatic carbocycles. The molecule has 14 heavy (non-hydrogen) atoms. The lowest BCUT2D eigenvalue weighted by molar-refractivity contribution is -0.146. The second kappa shape index (κ2) is 4.60. The summed E-state index contributed by atoms with van der Waals surface area (Å²) in [4.78, 5) is 11.1. The zero-order valence-corrected chi connectivity index (χ0v) is 8.66. The molecule has 0 heterocycles. The first-order valence-corrected chi connectivity index (χ1v) is 5.05. The first-order chi connectivity index (χ1) is 6.62. The van der Waals surface area contributed by atoms with E-state index >= 15 is 0 Å². The van der Waals surface area contributed by atoms with E-state index in [0.717, 1.165) is 25.7 Å². The molecule has 0 radical (unpaired) electrons. The summed E-state index contributed by atoms with van der Waals surface area (Å²) >= 11 is 0. The summed E-state index contributed by atoms with van der Waals surface area (Å²) in [6, 6.07) is 0. The largest absolute Gasteiger partial charge is 0.469 e. The highest BCUT2D eigenvalue weighted by atomic mass is 16.5. The van der Waals surface area contributed by atoms with Crippen LogP contribution in [-0.4, -0.2) is 23.8 Å². The monoisotopic (exact) mass is 198 g/mol. The first-order valence-electron chi connectivity index (χ1n) is 5.05. The van der Waals surface area contributed by atoms with Crippen LogP contribution in [0.5, 0.6) is 0 Å². The average Bonchev–Trinajstić information content (AvgIpc) is 2.70. The van der Waals surface area contributed by atoms with Gasteiger partial charge in [-0.25, -0.2) is 0 Å². The van der Waals surface area contributed by atoms with Gasteiger partial charge in [0, 0.05) is 0 Å². The fourth-order valence-electron chi connectivity index (χ4n) is 2.11. The molecular weight excluding hydrogens is 180 g/mol. The van der Waals surface area contributed by atoms with Crippen molar-refractivity contribution in [3.8, 4) is 0 Å². The number of rotatable bonds is 4. The third-order valence-corrected chi connectivity index (χ3v) is 3.07. The van der Waals surface area contributed by atoms with Crippen LogP contribution >= 0.6 is 0 Å². The van der Waals surface area contributed by atoms with Crippen LogP contribution in [0.1, 0.15) is 32.1 Å². The number of hydrogen-bond donors (Lipinski definition) is 1. The van der Waals surface area contributed by atoms with Gasteiger partial charge in [0.1, 0.15) is 0 Å². The van der Waals surface area contributed by atoms with Crippen molar-refractivity contribution in [3.63, 3.8) is 0 Å². The van der Waals surface area contributed by atoms with E-state index in [1.54, 1.807) is 0 Å². The van der Waals surface area contributed by atoms with Gasteiger partial charge < -0.3 is 9.84 Å². The molecule has 0 spiro atoms. The molecule has 1 unspecified atom stereocenters. The van der Waals surface area contributed by atoms with Gasteiger partial charge in [0.15, 0.2) is 0 Å². The van der Waals surface area contributed by atoms with Crippen LogP contribution in [0.4, 0.5) is 0 Å². The van der Waals surface area contributed by atoms with E-state index in [9.17, 15) is 9.90 Å². The minimum absolute atomic E-state index is 0.0255. The van der Waals surface area contributed by atoms with Crippen LogP contribution in [0.15, 0.2) is 12.7 Å². The van der Waals surface area contributed by atoms with Crippen molar-refractivity contribution in [1.29, 1.82) is 0 Å². The van der Waals surface area contributed by atoms with Crippen LogP contribution in [-0.2, 0) is 9.53 Å². The zero-order chi connectivity index (χ0) is 10.6. The molecule has 1 saturated carbocycles. The predicted octanol–water partition coefficient (Wildman–Crippen LogP) is 1.66. The molecule has 0 aromatic rings. The van der Waals surface area contributed by atoms with Crippen molar-refractivity contribution < 1.29 is 14.6 Å². The quantitative estimate of drug-likeness (QED) is 0.552. The van der Waals surface area contributed by atoms with Crippen LogP contribution in [0.2, 0.25) is 0 Å². The van der Waals surface area contributed by atoms with Gasteiger partial charge in [-0.1, -0.05) is 18.9 Å². The predicted molar refractivity (Wildman–Crippen MR) is 53.7 cm³/mol. The van der Waals surface area contributed by atoms with Crippen LogP contribution < -0.4 is 0 Å². The van der Waals surface area contributed by atoms with Gasteiger partial charge in [0.25, 0.3) is 0 Å². The maximum Gasteiger partial charge on any atom is 0.308 e. The number of aliphatic hydroxyl groups is 1. The summed E-state index contributed by atoms with van der Waals surface area (Å²) in [5.41, 5.74) is -1.07. The number of methoxy groups -OCH3 is 1. The topological polar surface area (TPSA) is 46.5 Å². The molecule has 1 rings (SSSR count). The lowest BCUT2D eigenvalue weighted by atomic mass is 9.83. The van der Waals surface area contributed by atoms with Crippen molar-refractivity contribution in [2.24, 2.45) is 5.92 Å².